The van der Waals surface area contributed by atoms with Gasteiger partial charge in [0, 0.05) is 42.1 Å². The molecule has 8 nitrogen and oxygen atoms in total. The molecule has 4 aromatic rings. The fourth-order valence-electron chi connectivity index (χ4n) is 3.86. The SMILES string of the molecule is Oc1nccnc1C(O)c1ccc(F)c(-c2ncnc3cc(N4CCOCC4)ccc23)c1. The van der Waals surface area contributed by atoms with Gasteiger partial charge < -0.3 is 19.8 Å². The number of anilines is 1. The molecule has 2 aromatic heterocycles. The summed E-state index contributed by atoms with van der Waals surface area (Å²) in [5.41, 5.74) is 2.70. The van der Waals surface area contributed by atoms with E-state index in [9.17, 15) is 14.6 Å². The molecule has 9 heteroatoms. The minimum Gasteiger partial charge on any atom is -0.492 e. The number of fused-ring (bicyclic) bond motifs is 1. The molecule has 5 rings (SSSR count). The minimum absolute atomic E-state index is 0.00671. The molecule has 3 heterocycles. The van der Waals surface area contributed by atoms with Crippen LogP contribution in [0.5, 0.6) is 5.88 Å². The molecular formula is C23H20FN5O3. The molecule has 2 N–H and O–H groups in total. The van der Waals surface area contributed by atoms with Crippen molar-refractivity contribution in [2.24, 2.45) is 0 Å². The third kappa shape index (κ3) is 3.72. The predicted octanol–water partition coefficient (Wildman–Crippen LogP) is 2.85. The Morgan fingerprint density at radius 1 is 0.969 bits per heavy atom. The molecule has 1 aliphatic rings. The summed E-state index contributed by atoms with van der Waals surface area (Å²) in [6, 6.07) is 10.0. The fourth-order valence-corrected chi connectivity index (χ4v) is 3.86. The topological polar surface area (TPSA) is 104 Å². The molecule has 0 bridgehead atoms. The van der Waals surface area contributed by atoms with Crippen LogP contribution in [0.1, 0.15) is 17.4 Å². The van der Waals surface area contributed by atoms with E-state index in [4.69, 9.17) is 4.74 Å². The highest BCUT2D eigenvalue weighted by Crippen LogP contribution is 2.33. The van der Waals surface area contributed by atoms with Gasteiger partial charge in [0.1, 0.15) is 23.9 Å². The Hall–Kier alpha value is -3.69. The summed E-state index contributed by atoms with van der Waals surface area (Å²) in [6.45, 7) is 2.95. The highest BCUT2D eigenvalue weighted by Gasteiger charge is 2.20. The van der Waals surface area contributed by atoms with Crippen molar-refractivity contribution in [3.63, 3.8) is 0 Å². The van der Waals surface area contributed by atoms with Crippen LogP contribution in [0.25, 0.3) is 22.2 Å². The predicted molar refractivity (Wildman–Crippen MR) is 116 cm³/mol. The van der Waals surface area contributed by atoms with Crippen molar-refractivity contribution in [3.05, 3.63) is 72.2 Å². The van der Waals surface area contributed by atoms with Crippen LogP contribution in [0.2, 0.25) is 0 Å². The van der Waals surface area contributed by atoms with Gasteiger partial charge in [-0.3, -0.25) is 4.98 Å². The Morgan fingerprint density at radius 3 is 2.59 bits per heavy atom. The van der Waals surface area contributed by atoms with Gasteiger partial charge >= 0.3 is 0 Å². The number of aliphatic hydroxyl groups is 1. The van der Waals surface area contributed by atoms with Gasteiger partial charge in [0.15, 0.2) is 0 Å². The van der Waals surface area contributed by atoms with E-state index < -0.39 is 11.9 Å². The lowest BCUT2D eigenvalue weighted by Gasteiger charge is -2.29. The second kappa shape index (κ2) is 8.45. The maximum absolute atomic E-state index is 14.9. The summed E-state index contributed by atoms with van der Waals surface area (Å²) >= 11 is 0. The highest BCUT2D eigenvalue weighted by atomic mass is 19.1. The summed E-state index contributed by atoms with van der Waals surface area (Å²) in [5, 5.41) is 21.3. The van der Waals surface area contributed by atoms with Crippen molar-refractivity contribution in [1.29, 1.82) is 0 Å². The van der Waals surface area contributed by atoms with Crippen LogP contribution < -0.4 is 4.90 Å². The molecule has 0 radical (unpaired) electrons. The zero-order valence-electron chi connectivity index (χ0n) is 17.0. The standard InChI is InChI=1S/C23H20FN5O3/c24-18-4-1-14(22(30)21-23(31)26-6-5-25-21)11-17(18)20-16-3-2-15(12-19(16)27-13-28-20)29-7-9-32-10-8-29/h1-6,11-13,22,30H,7-10H2,(H,26,31). The first-order valence-corrected chi connectivity index (χ1v) is 10.2. The van der Waals surface area contributed by atoms with Crippen molar-refractivity contribution in [2.45, 2.75) is 6.10 Å². The van der Waals surface area contributed by atoms with E-state index in [0.717, 1.165) is 18.8 Å². The number of rotatable bonds is 4. The number of aromatic nitrogens is 4. The molecule has 1 saturated heterocycles. The van der Waals surface area contributed by atoms with Gasteiger partial charge in [0.05, 0.1) is 24.4 Å². The van der Waals surface area contributed by atoms with Gasteiger partial charge in [-0.05, 0) is 35.9 Å². The lowest BCUT2D eigenvalue weighted by molar-refractivity contribution is 0.122. The molecule has 1 fully saturated rings. The smallest absolute Gasteiger partial charge is 0.236 e. The summed E-state index contributed by atoms with van der Waals surface area (Å²) in [4.78, 5) is 18.6. The molecule has 1 aliphatic heterocycles. The minimum atomic E-state index is -1.27. The molecule has 2 aromatic carbocycles. The van der Waals surface area contributed by atoms with E-state index in [0.29, 0.717) is 35.4 Å². The van der Waals surface area contributed by atoms with E-state index in [1.54, 1.807) is 0 Å². The van der Waals surface area contributed by atoms with Gasteiger partial charge in [-0.25, -0.2) is 19.3 Å². The van der Waals surface area contributed by atoms with E-state index >= 15 is 0 Å². The number of ether oxygens (including phenoxy) is 1. The highest BCUT2D eigenvalue weighted by molar-refractivity contribution is 5.94. The van der Waals surface area contributed by atoms with Crippen LogP contribution in [-0.4, -0.2) is 56.5 Å². The number of hydrogen-bond acceptors (Lipinski definition) is 8. The van der Waals surface area contributed by atoms with Gasteiger partial charge in [-0.2, -0.15) is 0 Å². The lowest BCUT2D eigenvalue weighted by atomic mass is 9.99. The van der Waals surface area contributed by atoms with E-state index in [2.05, 4.69) is 24.8 Å². The van der Waals surface area contributed by atoms with E-state index in [1.807, 2.05) is 18.2 Å². The number of aliphatic hydroxyl groups excluding tert-OH is 1. The van der Waals surface area contributed by atoms with Crippen LogP contribution in [-0.2, 0) is 4.74 Å². The quantitative estimate of drug-likeness (QED) is 0.506. The van der Waals surface area contributed by atoms with Crippen molar-refractivity contribution in [2.75, 3.05) is 31.2 Å². The first-order valence-electron chi connectivity index (χ1n) is 10.2. The molecule has 0 spiro atoms. The molecule has 162 valence electrons. The first kappa shape index (κ1) is 20.2. The summed E-state index contributed by atoms with van der Waals surface area (Å²) in [7, 11) is 0. The average Bonchev–Trinajstić information content (AvgIpc) is 2.84. The second-order valence-electron chi connectivity index (χ2n) is 7.43. The third-order valence-corrected chi connectivity index (χ3v) is 5.52. The molecule has 0 amide bonds. The van der Waals surface area contributed by atoms with Crippen molar-refractivity contribution in [1.82, 2.24) is 19.9 Å². The number of benzene rings is 2. The van der Waals surface area contributed by atoms with Gasteiger partial charge in [0.25, 0.3) is 0 Å². The summed E-state index contributed by atoms with van der Waals surface area (Å²) in [6.07, 6.45) is 2.81. The molecule has 1 atom stereocenters. The van der Waals surface area contributed by atoms with Gasteiger partial charge in [-0.15, -0.1) is 0 Å². The number of halogens is 1. The molecular weight excluding hydrogens is 413 g/mol. The molecule has 32 heavy (non-hydrogen) atoms. The fraction of sp³-hybridized carbons (Fsp3) is 0.217. The maximum atomic E-state index is 14.9. The zero-order valence-corrected chi connectivity index (χ0v) is 17.0. The normalized spacial score (nSPS) is 15.1. The van der Waals surface area contributed by atoms with Crippen LogP contribution >= 0.6 is 0 Å². The van der Waals surface area contributed by atoms with Gasteiger partial charge in [0.2, 0.25) is 5.88 Å². The summed E-state index contributed by atoms with van der Waals surface area (Å²) < 4.78 is 20.3. The Morgan fingerprint density at radius 2 is 1.78 bits per heavy atom. The average molecular weight is 433 g/mol. The van der Waals surface area contributed by atoms with Crippen molar-refractivity contribution in [3.8, 4) is 17.1 Å². The van der Waals surface area contributed by atoms with E-state index in [-0.39, 0.29) is 17.1 Å². The largest absolute Gasteiger partial charge is 0.492 e. The zero-order chi connectivity index (χ0) is 22.1. The molecule has 0 saturated carbocycles. The number of morpholine rings is 1. The monoisotopic (exact) mass is 433 g/mol. The molecule has 0 aliphatic carbocycles. The van der Waals surface area contributed by atoms with Crippen molar-refractivity contribution >= 4 is 16.6 Å². The maximum Gasteiger partial charge on any atom is 0.236 e. The lowest BCUT2D eigenvalue weighted by Crippen LogP contribution is -2.36. The van der Waals surface area contributed by atoms with Crippen LogP contribution in [0.15, 0.2) is 55.1 Å². The molecule has 1 unspecified atom stereocenters. The number of hydrogen-bond donors (Lipinski definition) is 2. The Balaban J connectivity index is 1.56. The van der Waals surface area contributed by atoms with Crippen molar-refractivity contribution < 1.29 is 19.3 Å². The number of nitrogens with zero attached hydrogens (tertiary/aromatic N) is 5. The van der Waals surface area contributed by atoms with Crippen LogP contribution in [0.3, 0.4) is 0 Å². The van der Waals surface area contributed by atoms with Gasteiger partial charge in [-0.1, -0.05) is 6.07 Å². The Kier molecular flexibility index (Phi) is 5.34. The third-order valence-electron chi connectivity index (χ3n) is 5.52. The van der Waals surface area contributed by atoms with E-state index in [1.165, 1.54) is 36.9 Å². The van der Waals surface area contributed by atoms with Crippen LogP contribution in [0.4, 0.5) is 10.1 Å². The van der Waals surface area contributed by atoms with Crippen LogP contribution in [0, 0.1) is 5.82 Å². The number of aromatic hydroxyl groups is 1. The first-order chi connectivity index (χ1) is 15.6. The Bertz CT molecular complexity index is 1280. The Labute approximate surface area is 183 Å². The second-order valence-corrected chi connectivity index (χ2v) is 7.43. The summed E-state index contributed by atoms with van der Waals surface area (Å²) in [5.74, 6) is -0.865.